The van der Waals surface area contributed by atoms with Gasteiger partial charge in [-0.1, -0.05) is 18.2 Å². The summed E-state index contributed by atoms with van der Waals surface area (Å²) in [6.07, 6.45) is -9.50. The first-order valence-corrected chi connectivity index (χ1v) is 7.02. The molecule has 10 heteroatoms. The number of ether oxygens (including phenoxy) is 1. The van der Waals surface area contributed by atoms with Crippen LogP contribution in [0, 0.1) is 0 Å². The van der Waals surface area contributed by atoms with Gasteiger partial charge in [-0.15, -0.1) is 0 Å². The van der Waals surface area contributed by atoms with E-state index in [-0.39, 0.29) is 5.56 Å². The lowest BCUT2D eigenvalue weighted by Crippen LogP contribution is -2.42. The second-order valence-electron chi connectivity index (χ2n) is 5.37. The summed E-state index contributed by atoms with van der Waals surface area (Å²) >= 11 is 0. The third-order valence-corrected chi connectivity index (χ3v) is 3.09. The second kappa shape index (κ2) is 7.75. The van der Waals surface area contributed by atoms with Gasteiger partial charge in [-0.3, -0.25) is 4.79 Å². The lowest BCUT2D eigenvalue weighted by Gasteiger charge is -2.27. The first-order chi connectivity index (χ1) is 11.3. The summed E-state index contributed by atoms with van der Waals surface area (Å²) in [6, 6.07) is 3.65. The molecule has 25 heavy (non-hydrogen) atoms. The van der Waals surface area contributed by atoms with E-state index < -0.39 is 49.0 Å². The summed E-state index contributed by atoms with van der Waals surface area (Å²) in [5.74, 6) is -3.23. The van der Waals surface area contributed by atoms with Crippen LogP contribution < -0.4 is 0 Å². The molecule has 0 aromatic heterocycles. The number of esters is 1. The Hall–Kier alpha value is -2.26. The molecule has 0 N–H and O–H groups in total. The van der Waals surface area contributed by atoms with Gasteiger partial charge in [-0.25, -0.2) is 4.79 Å². The van der Waals surface area contributed by atoms with Gasteiger partial charge in [-0.05, 0) is 25.5 Å². The lowest BCUT2D eigenvalue weighted by molar-refractivity contribution is -0.190. The molecule has 0 radical (unpaired) electrons. The molecule has 1 aromatic rings. The van der Waals surface area contributed by atoms with Crippen molar-refractivity contribution in [2.45, 2.75) is 38.8 Å². The molecular weight excluding hydrogens is 356 g/mol. The molecule has 140 valence electrons. The Labute approximate surface area is 139 Å². The van der Waals surface area contributed by atoms with Crippen LogP contribution in [0.15, 0.2) is 24.3 Å². The first-order valence-electron chi connectivity index (χ1n) is 7.02. The zero-order chi connectivity index (χ0) is 19.4. The number of benzene rings is 1. The highest BCUT2D eigenvalue weighted by atomic mass is 19.4. The van der Waals surface area contributed by atoms with Crippen molar-refractivity contribution in [2.75, 3.05) is 6.61 Å². The van der Waals surface area contributed by atoms with Crippen molar-refractivity contribution >= 4 is 11.9 Å². The SMILES string of the molecule is CC(C)N(Cc1ccccc1C(F)(F)F)C(=O)C(=O)OCC(F)(F)F. The number of amides is 1. The quantitative estimate of drug-likeness (QED) is 0.462. The zero-order valence-corrected chi connectivity index (χ0v) is 13.2. The Morgan fingerprint density at radius 3 is 2.12 bits per heavy atom. The number of carbonyl (C=O) groups excluding carboxylic acids is 2. The molecule has 0 aliphatic carbocycles. The van der Waals surface area contributed by atoms with E-state index >= 15 is 0 Å². The lowest BCUT2D eigenvalue weighted by atomic mass is 10.1. The maximum absolute atomic E-state index is 13.0. The van der Waals surface area contributed by atoms with Crippen LogP contribution in [-0.2, 0) is 27.0 Å². The molecule has 4 nitrogen and oxygen atoms in total. The molecule has 1 aromatic carbocycles. The van der Waals surface area contributed by atoms with Crippen LogP contribution in [0.25, 0.3) is 0 Å². The molecule has 0 spiro atoms. The molecule has 0 saturated heterocycles. The summed E-state index contributed by atoms with van der Waals surface area (Å²) in [5, 5.41) is 0. The number of alkyl halides is 6. The van der Waals surface area contributed by atoms with Gasteiger partial charge in [0, 0.05) is 12.6 Å². The third-order valence-electron chi connectivity index (χ3n) is 3.09. The summed E-state index contributed by atoms with van der Waals surface area (Å²) in [5.41, 5.74) is -1.29. The fourth-order valence-corrected chi connectivity index (χ4v) is 1.93. The Balaban J connectivity index is 2.99. The van der Waals surface area contributed by atoms with Crippen molar-refractivity contribution < 1.29 is 40.7 Å². The molecular formula is C15H15F6NO3. The molecule has 1 rings (SSSR count). The maximum Gasteiger partial charge on any atom is 0.422 e. The van der Waals surface area contributed by atoms with Crippen molar-refractivity contribution in [3.05, 3.63) is 35.4 Å². The average molecular weight is 371 g/mol. The van der Waals surface area contributed by atoms with Crippen LogP contribution in [0.4, 0.5) is 26.3 Å². The second-order valence-corrected chi connectivity index (χ2v) is 5.37. The fraction of sp³-hybridized carbons (Fsp3) is 0.467. The number of carbonyl (C=O) groups is 2. The van der Waals surface area contributed by atoms with E-state index in [1.54, 1.807) is 0 Å². The van der Waals surface area contributed by atoms with E-state index in [0.29, 0.717) is 4.90 Å². The molecule has 0 aliphatic heterocycles. The van der Waals surface area contributed by atoms with E-state index in [9.17, 15) is 35.9 Å². The summed E-state index contributed by atoms with van der Waals surface area (Å²) in [7, 11) is 0. The minimum absolute atomic E-state index is 0.291. The van der Waals surface area contributed by atoms with Crippen molar-refractivity contribution in [2.24, 2.45) is 0 Å². The number of rotatable bonds is 4. The largest absolute Gasteiger partial charge is 0.449 e. The Kier molecular flexibility index (Phi) is 6.44. The van der Waals surface area contributed by atoms with Crippen LogP contribution in [0.3, 0.4) is 0 Å². The highest BCUT2D eigenvalue weighted by Crippen LogP contribution is 2.32. The van der Waals surface area contributed by atoms with Crippen LogP contribution in [0.1, 0.15) is 25.0 Å². The van der Waals surface area contributed by atoms with Gasteiger partial charge in [0.25, 0.3) is 0 Å². The van der Waals surface area contributed by atoms with Gasteiger partial charge in [-0.2, -0.15) is 26.3 Å². The minimum Gasteiger partial charge on any atom is -0.449 e. The monoisotopic (exact) mass is 371 g/mol. The smallest absolute Gasteiger partial charge is 0.422 e. The molecule has 0 bridgehead atoms. The minimum atomic E-state index is -4.82. The van der Waals surface area contributed by atoms with Crippen molar-refractivity contribution in [1.82, 2.24) is 4.90 Å². The van der Waals surface area contributed by atoms with E-state index in [1.165, 1.54) is 19.9 Å². The summed E-state index contributed by atoms with van der Waals surface area (Å²) in [4.78, 5) is 24.2. The van der Waals surface area contributed by atoms with E-state index in [2.05, 4.69) is 4.74 Å². The van der Waals surface area contributed by atoms with Crippen molar-refractivity contribution in [1.29, 1.82) is 0 Å². The van der Waals surface area contributed by atoms with E-state index in [1.807, 2.05) is 0 Å². The fourth-order valence-electron chi connectivity index (χ4n) is 1.93. The first kappa shape index (κ1) is 20.8. The normalized spacial score (nSPS) is 12.2. The third kappa shape index (κ3) is 6.28. The maximum atomic E-state index is 13.0. The Bertz CT molecular complexity index is 624. The van der Waals surface area contributed by atoms with Crippen LogP contribution >= 0.6 is 0 Å². The van der Waals surface area contributed by atoms with Crippen molar-refractivity contribution in [3.8, 4) is 0 Å². The van der Waals surface area contributed by atoms with Gasteiger partial charge in [0.15, 0.2) is 6.61 Å². The van der Waals surface area contributed by atoms with Gasteiger partial charge in [0.2, 0.25) is 0 Å². The van der Waals surface area contributed by atoms with E-state index in [0.717, 1.165) is 18.2 Å². The molecule has 0 heterocycles. The van der Waals surface area contributed by atoms with Gasteiger partial charge in [0.1, 0.15) is 0 Å². The predicted octanol–water partition coefficient (Wildman–Crippen LogP) is 3.55. The van der Waals surface area contributed by atoms with Crippen molar-refractivity contribution in [3.63, 3.8) is 0 Å². The van der Waals surface area contributed by atoms with Gasteiger partial charge in [0.05, 0.1) is 5.56 Å². The van der Waals surface area contributed by atoms with E-state index in [4.69, 9.17) is 0 Å². The molecule has 0 atom stereocenters. The molecule has 1 amide bonds. The standard InChI is InChI=1S/C15H15F6NO3/c1-9(2)22(12(23)13(24)25-8-14(16,17)18)7-10-5-3-4-6-11(10)15(19,20)21/h3-6,9H,7-8H2,1-2H3. The zero-order valence-electron chi connectivity index (χ0n) is 13.2. The Morgan fingerprint density at radius 2 is 1.64 bits per heavy atom. The molecule has 0 fully saturated rings. The average Bonchev–Trinajstić information content (AvgIpc) is 2.48. The molecule has 0 unspecified atom stereocenters. The number of hydrogen-bond acceptors (Lipinski definition) is 3. The van der Waals surface area contributed by atoms with Crippen LogP contribution in [-0.4, -0.2) is 35.6 Å². The topological polar surface area (TPSA) is 46.6 Å². The summed E-state index contributed by atoms with van der Waals surface area (Å²) < 4.78 is 79.0. The Morgan fingerprint density at radius 1 is 1.08 bits per heavy atom. The summed E-state index contributed by atoms with van der Waals surface area (Å²) in [6.45, 7) is 0.256. The number of halogens is 6. The molecule has 0 saturated carbocycles. The van der Waals surface area contributed by atoms with Gasteiger partial charge < -0.3 is 9.64 Å². The highest BCUT2D eigenvalue weighted by molar-refractivity contribution is 6.32. The van der Waals surface area contributed by atoms with Crippen LogP contribution in [0.5, 0.6) is 0 Å². The predicted molar refractivity (Wildman–Crippen MR) is 74.1 cm³/mol. The molecule has 0 aliphatic rings. The number of nitrogens with zero attached hydrogens (tertiary/aromatic N) is 1. The van der Waals surface area contributed by atoms with Crippen LogP contribution in [0.2, 0.25) is 0 Å². The number of hydrogen-bond donors (Lipinski definition) is 0. The highest BCUT2D eigenvalue weighted by Gasteiger charge is 2.36. The van der Waals surface area contributed by atoms with Gasteiger partial charge >= 0.3 is 24.2 Å².